The summed E-state index contributed by atoms with van der Waals surface area (Å²) in [5.41, 5.74) is 1.88. The first-order valence-corrected chi connectivity index (χ1v) is 8.27. The Morgan fingerprint density at radius 1 is 1.12 bits per heavy atom. The maximum absolute atomic E-state index is 12.6. The summed E-state index contributed by atoms with van der Waals surface area (Å²) in [6.45, 7) is -0.0948. The third-order valence-electron chi connectivity index (χ3n) is 3.69. The molecule has 0 spiro atoms. The maximum Gasteiger partial charge on any atom is 0.256 e. The molecule has 5 nitrogen and oxygen atoms in total. The van der Waals surface area contributed by atoms with Gasteiger partial charge in [-0.1, -0.05) is 41.4 Å². The Bertz CT molecular complexity index is 932. The highest BCUT2D eigenvalue weighted by atomic mass is 35.5. The molecule has 0 fully saturated rings. The third kappa shape index (κ3) is 3.95. The van der Waals surface area contributed by atoms with E-state index in [1.165, 1.54) is 4.90 Å². The molecule has 0 aliphatic carbocycles. The van der Waals surface area contributed by atoms with Gasteiger partial charge in [-0.2, -0.15) is 0 Å². The van der Waals surface area contributed by atoms with Crippen molar-refractivity contribution in [1.82, 2.24) is 9.88 Å². The lowest BCUT2D eigenvalue weighted by atomic mass is 10.1. The smallest absolute Gasteiger partial charge is 0.256 e. The molecule has 0 aliphatic rings. The van der Waals surface area contributed by atoms with Crippen LogP contribution in [0, 0.1) is 0 Å². The Balaban J connectivity index is 1.69. The minimum absolute atomic E-state index is 0.0948. The number of likely N-dealkylation sites (N-methyl/N-ethyl adjacent to an activating group) is 1. The largest absolute Gasteiger partial charge is 0.360 e. The van der Waals surface area contributed by atoms with E-state index in [-0.39, 0.29) is 18.4 Å². The van der Waals surface area contributed by atoms with Crippen molar-refractivity contribution in [3.05, 3.63) is 64.3 Å². The normalized spacial score (nSPS) is 10.7. The van der Waals surface area contributed by atoms with Crippen LogP contribution in [0.2, 0.25) is 10.0 Å². The second-order valence-electron chi connectivity index (χ2n) is 5.62. The van der Waals surface area contributed by atoms with Gasteiger partial charge in [0, 0.05) is 39.9 Å². The summed E-state index contributed by atoms with van der Waals surface area (Å²) in [6, 6.07) is 12.3. The first-order chi connectivity index (χ1) is 11.9. The standard InChI is InChI=1S/C18H15Cl2N3O2/c1-23(10-17(24)22-13-7-11(19)6-12(20)8-13)18(25)15-9-21-16-5-3-2-4-14(15)16/h2-9,21H,10H2,1H3,(H,22,24). The van der Waals surface area contributed by atoms with E-state index in [4.69, 9.17) is 23.2 Å². The molecule has 0 saturated heterocycles. The van der Waals surface area contributed by atoms with Gasteiger partial charge in [0.1, 0.15) is 0 Å². The number of hydrogen-bond acceptors (Lipinski definition) is 2. The van der Waals surface area contributed by atoms with Gasteiger partial charge in [0.05, 0.1) is 12.1 Å². The summed E-state index contributed by atoms with van der Waals surface area (Å²) in [7, 11) is 1.58. The van der Waals surface area contributed by atoms with Crippen LogP contribution in [0.25, 0.3) is 10.9 Å². The minimum Gasteiger partial charge on any atom is -0.360 e. The molecule has 25 heavy (non-hydrogen) atoms. The first-order valence-electron chi connectivity index (χ1n) is 7.51. The Morgan fingerprint density at radius 3 is 2.52 bits per heavy atom. The average Bonchev–Trinajstić information content (AvgIpc) is 2.96. The van der Waals surface area contributed by atoms with Gasteiger partial charge in [0.15, 0.2) is 0 Å². The highest BCUT2D eigenvalue weighted by molar-refractivity contribution is 6.35. The van der Waals surface area contributed by atoms with E-state index in [2.05, 4.69) is 10.3 Å². The zero-order chi connectivity index (χ0) is 18.0. The quantitative estimate of drug-likeness (QED) is 0.717. The van der Waals surface area contributed by atoms with E-state index in [9.17, 15) is 9.59 Å². The zero-order valence-corrected chi connectivity index (χ0v) is 14.9. The van der Waals surface area contributed by atoms with Crippen molar-refractivity contribution in [1.29, 1.82) is 0 Å². The monoisotopic (exact) mass is 375 g/mol. The van der Waals surface area contributed by atoms with Gasteiger partial charge in [0.2, 0.25) is 5.91 Å². The van der Waals surface area contributed by atoms with Crippen LogP contribution in [0.5, 0.6) is 0 Å². The molecule has 0 unspecified atom stereocenters. The van der Waals surface area contributed by atoms with Gasteiger partial charge >= 0.3 is 0 Å². The van der Waals surface area contributed by atoms with Crippen molar-refractivity contribution in [3.8, 4) is 0 Å². The number of aromatic amines is 1. The molecule has 2 aromatic carbocycles. The molecule has 7 heteroatoms. The zero-order valence-electron chi connectivity index (χ0n) is 13.3. The molecule has 0 atom stereocenters. The lowest BCUT2D eigenvalue weighted by molar-refractivity contribution is -0.116. The summed E-state index contributed by atoms with van der Waals surface area (Å²) in [5, 5.41) is 4.35. The van der Waals surface area contributed by atoms with Gasteiger partial charge in [-0.3, -0.25) is 9.59 Å². The molecule has 2 amide bonds. The first kappa shape index (κ1) is 17.3. The topological polar surface area (TPSA) is 65.2 Å². The number of nitrogens with one attached hydrogen (secondary N) is 2. The number of rotatable bonds is 4. The number of halogens is 2. The summed E-state index contributed by atoms with van der Waals surface area (Å²) < 4.78 is 0. The van der Waals surface area contributed by atoms with Crippen LogP contribution in [0.4, 0.5) is 5.69 Å². The van der Waals surface area contributed by atoms with Crippen LogP contribution in [0.1, 0.15) is 10.4 Å². The number of para-hydroxylation sites is 1. The lowest BCUT2D eigenvalue weighted by Crippen LogP contribution is -2.34. The molecule has 1 aromatic heterocycles. The third-order valence-corrected chi connectivity index (χ3v) is 4.13. The number of anilines is 1. The second-order valence-corrected chi connectivity index (χ2v) is 6.49. The van der Waals surface area contributed by atoms with Crippen molar-refractivity contribution in [3.63, 3.8) is 0 Å². The predicted molar refractivity (Wildman–Crippen MR) is 100 cm³/mol. The summed E-state index contributed by atoms with van der Waals surface area (Å²) in [4.78, 5) is 29.2. The van der Waals surface area contributed by atoms with Crippen molar-refractivity contribution < 1.29 is 9.59 Å². The predicted octanol–water partition coefficient (Wildman–Crippen LogP) is 4.19. The molecule has 0 radical (unpaired) electrons. The number of nitrogens with zero attached hydrogens (tertiary/aromatic N) is 1. The number of fused-ring (bicyclic) bond motifs is 1. The van der Waals surface area contributed by atoms with Crippen LogP contribution < -0.4 is 5.32 Å². The fourth-order valence-electron chi connectivity index (χ4n) is 2.57. The van der Waals surface area contributed by atoms with Crippen molar-refractivity contribution >= 4 is 51.6 Å². The van der Waals surface area contributed by atoms with Crippen molar-refractivity contribution in [2.75, 3.05) is 18.9 Å². The van der Waals surface area contributed by atoms with E-state index in [1.807, 2.05) is 24.3 Å². The van der Waals surface area contributed by atoms with Crippen molar-refractivity contribution in [2.45, 2.75) is 0 Å². The Hall–Kier alpha value is -2.50. The second kappa shape index (κ2) is 7.17. The average molecular weight is 376 g/mol. The van der Waals surface area contributed by atoms with Crippen LogP contribution in [0.3, 0.4) is 0 Å². The molecule has 2 N–H and O–H groups in total. The van der Waals surface area contributed by atoms with Gasteiger partial charge in [-0.15, -0.1) is 0 Å². The van der Waals surface area contributed by atoms with Gasteiger partial charge in [-0.05, 0) is 24.3 Å². The maximum atomic E-state index is 12.6. The fourth-order valence-corrected chi connectivity index (χ4v) is 3.09. The van der Waals surface area contributed by atoms with Crippen LogP contribution >= 0.6 is 23.2 Å². The number of hydrogen-bond donors (Lipinski definition) is 2. The SMILES string of the molecule is CN(CC(=O)Nc1cc(Cl)cc(Cl)c1)C(=O)c1c[nH]c2ccccc12. The Morgan fingerprint density at radius 2 is 1.80 bits per heavy atom. The molecule has 0 bridgehead atoms. The molecule has 0 saturated carbocycles. The van der Waals surface area contributed by atoms with E-state index < -0.39 is 0 Å². The highest BCUT2D eigenvalue weighted by Crippen LogP contribution is 2.22. The molecule has 3 rings (SSSR count). The molecular weight excluding hydrogens is 361 g/mol. The highest BCUT2D eigenvalue weighted by Gasteiger charge is 2.18. The van der Waals surface area contributed by atoms with E-state index in [0.29, 0.717) is 21.3 Å². The minimum atomic E-state index is -0.339. The number of H-pyrrole nitrogens is 1. The Kier molecular flexibility index (Phi) is 4.97. The molecule has 3 aromatic rings. The van der Waals surface area contributed by atoms with Gasteiger partial charge < -0.3 is 15.2 Å². The molecular formula is C18H15Cl2N3O2. The lowest BCUT2D eigenvalue weighted by Gasteiger charge is -2.16. The number of aromatic nitrogens is 1. The van der Waals surface area contributed by atoms with Crippen LogP contribution in [-0.4, -0.2) is 35.3 Å². The van der Waals surface area contributed by atoms with Crippen molar-refractivity contribution in [2.24, 2.45) is 0 Å². The molecule has 128 valence electrons. The van der Waals surface area contributed by atoms with E-state index >= 15 is 0 Å². The van der Waals surface area contributed by atoms with Crippen LogP contribution in [-0.2, 0) is 4.79 Å². The number of carbonyl (C=O) groups is 2. The summed E-state index contributed by atoms with van der Waals surface area (Å²) in [6.07, 6.45) is 1.65. The number of benzene rings is 2. The van der Waals surface area contributed by atoms with E-state index in [0.717, 1.165) is 10.9 Å². The number of carbonyl (C=O) groups excluding carboxylic acids is 2. The Labute approximate surface area is 154 Å². The molecule has 1 heterocycles. The fraction of sp³-hybridized carbons (Fsp3) is 0.111. The summed E-state index contributed by atoms with van der Waals surface area (Å²) in [5.74, 6) is -0.578. The van der Waals surface area contributed by atoms with E-state index in [1.54, 1.807) is 31.4 Å². The summed E-state index contributed by atoms with van der Waals surface area (Å²) >= 11 is 11.8. The molecule has 0 aliphatic heterocycles. The number of amides is 2. The van der Waals surface area contributed by atoms with Crippen LogP contribution in [0.15, 0.2) is 48.7 Å². The van der Waals surface area contributed by atoms with Gasteiger partial charge in [-0.25, -0.2) is 0 Å². The van der Waals surface area contributed by atoms with Gasteiger partial charge in [0.25, 0.3) is 5.91 Å².